The molecule has 1 saturated heterocycles. The number of amides is 1. The number of hydrogen-bond donors (Lipinski definition) is 1. The predicted octanol–water partition coefficient (Wildman–Crippen LogP) is 3.08. The maximum Gasteiger partial charge on any atom is 0.246 e. The summed E-state index contributed by atoms with van der Waals surface area (Å²) in [7, 11) is -2.37. The third-order valence-electron chi connectivity index (χ3n) is 5.28. The third-order valence-corrected chi connectivity index (χ3v) is 7.20. The number of rotatable bonds is 11. The highest BCUT2D eigenvalue weighted by atomic mass is 32.2. The van der Waals surface area contributed by atoms with E-state index in [1.807, 2.05) is 32.0 Å². The summed E-state index contributed by atoms with van der Waals surface area (Å²) >= 11 is 0. The first-order chi connectivity index (χ1) is 16.4. The van der Waals surface area contributed by atoms with Crippen LogP contribution in [0.15, 0.2) is 41.3 Å². The van der Waals surface area contributed by atoms with E-state index >= 15 is 0 Å². The number of sulfonamides is 1. The first-order valence-electron chi connectivity index (χ1n) is 11.3. The summed E-state index contributed by atoms with van der Waals surface area (Å²) in [5, 5.41) is 2.79. The molecule has 1 fully saturated rings. The first kappa shape index (κ1) is 25.8. The van der Waals surface area contributed by atoms with Crippen molar-refractivity contribution < 1.29 is 32.2 Å². The van der Waals surface area contributed by atoms with Crippen LogP contribution in [0.4, 0.5) is 5.69 Å². The van der Waals surface area contributed by atoms with Crippen molar-refractivity contribution >= 4 is 21.6 Å². The minimum Gasteiger partial charge on any atom is -0.495 e. The predicted molar refractivity (Wildman–Crippen MR) is 128 cm³/mol. The second-order valence-electron chi connectivity index (χ2n) is 7.58. The summed E-state index contributed by atoms with van der Waals surface area (Å²) in [4.78, 5) is 12.6. The van der Waals surface area contributed by atoms with Gasteiger partial charge in [0.25, 0.3) is 0 Å². The topological polar surface area (TPSA) is 103 Å². The molecule has 0 aromatic heterocycles. The number of ether oxygens (including phenoxy) is 4. The van der Waals surface area contributed by atoms with E-state index in [2.05, 4.69) is 5.32 Å². The van der Waals surface area contributed by atoms with Crippen LogP contribution in [0.2, 0.25) is 0 Å². The molecule has 0 bridgehead atoms. The van der Waals surface area contributed by atoms with Crippen LogP contribution < -0.4 is 19.5 Å². The Balaban J connectivity index is 1.69. The fourth-order valence-corrected chi connectivity index (χ4v) is 5.20. The number of nitrogens with one attached hydrogen (secondary N) is 1. The van der Waals surface area contributed by atoms with Crippen molar-refractivity contribution in [3.8, 4) is 17.2 Å². The SMILES string of the molecule is CCOc1ccc(CCC(=O)Nc2ccc(OC)c(S(=O)(=O)N3CCOCC3)c2)cc1OCC. The molecule has 2 aromatic rings. The molecule has 0 aliphatic carbocycles. The van der Waals surface area contributed by atoms with Gasteiger partial charge in [0.15, 0.2) is 11.5 Å². The number of nitrogens with zero attached hydrogens (tertiary/aromatic N) is 1. The van der Waals surface area contributed by atoms with Gasteiger partial charge < -0.3 is 24.3 Å². The van der Waals surface area contributed by atoms with Crippen LogP contribution in [-0.4, -0.2) is 65.3 Å². The lowest BCUT2D eigenvalue weighted by Crippen LogP contribution is -2.40. The zero-order valence-electron chi connectivity index (χ0n) is 19.8. The van der Waals surface area contributed by atoms with Gasteiger partial charge in [-0.25, -0.2) is 8.42 Å². The Labute approximate surface area is 201 Å². The average Bonchev–Trinajstić information content (AvgIpc) is 2.85. The molecule has 1 heterocycles. The summed E-state index contributed by atoms with van der Waals surface area (Å²) < 4.78 is 49.4. The van der Waals surface area contributed by atoms with E-state index in [1.54, 1.807) is 12.1 Å². The Hall–Kier alpha value is -2.82. The summed E-state index contributed by atoms with van der Waals surface area (Å²) in [5.74, 6) is 1.31. The lowest BCUT2D eigenvalue weighted by Gasteiger charge is -2.26. The van der Waals surface area contributed by atoms with Gasteiger partial charge in [0.2, 0.25) is 15.9 Å². The molecular formula is C24H32N2O7S. The number of carbonyl (C=O) groups is 1. The molecule has 3 rings (SSSR count). The highest BCUT2D eigenvalue weighted by molar-refractivity contribution is 7.89. The van der Waals surface area contributed by atoms with Crippen LogP contribution in [-0.2, 0) is 26.0 Å². The third kappa shape index (κ3) is 6.40. The number of morpholine rings is 1. The van der Waals surface area contributed by atoms with E-state index in [0.717, 1.165) is 5.56 Å². The second kappa shape index (κ2) is 12.0. The van der Waals surface area contributed by atoms with Crippen molar-refractivity contribution in [3.63, 3.8) is 0 Å². The normalized spacial score (nSPS) is 14.4. The van der Waals surface area contributed by atoms with Gasteiger partial charge in [-0.2, -0.15) is 4.31 Å². The number of methoxy groups -OCH3 is 1. The molecule has 1 aliphatic rings. The van der Waals surface area contributed by atoms with Gasteiger partial charge in [-0.05, 0) is 56.2 Å². The van der Waals surface area contributed by atoms with E-state index in [-0.39, 0.29) is 36.1 Å². The molecule has 0 radical (unpaired) electrons. The molecule has 1 N–H and O–H groups in total. The lowest BCUT2D eigenvalue weighted by molar-refractivity contribution is -0.116. The molecular weight excluding hydrogens is 460 g/mol. The molecule has 0 atom stereocenters. The number of carbonyl (C=O) groups excluding carboxylic acids is 1. The Bertz CT molecular complexity index is 1080. The Morgan fingerprint density at radius 1 is 1.00 bits per heavy atom. The minimum atomic E-state index is -3.79. The smallest absolute Gasteiger partial charge is 0.246 e. The molecule has 186 valence electrons. The Morgan fingerprint density at radius 3 is 2.35 bits per heavy atom. The van der Waals surface area contributed by atoms with Crippen molar-refractivity contribution in [1.82, 2.24) is 4.31 Å². The number of aryl methyl sites for hydroxylation is 1. The Morgan fingerprint density at radius 2 is 1.68 bits per heavy atom. The van der Waals surface area contributed by atoms with Gasteiger partial charge >= 0.3 is 0 Å². The quantitative estimate of drug-likeness (QED) is 0.514. The number of benzene rings is 2. The van der Waals surface area contributed by atoms with Crippen molar-refractivity contribution in [1.29, 1.82) is 0 Å². The summed E-state index contributed by atoms with van der Waals surface area (Å²) in [6, 6.07) is 10.2. The van der Waals surface area contributed by atoms with E-state index < -0.39 is 10.0 Å². The average molecular weight is 493 g/mol. The highest BCUT2D eigenvalue weighted by Crippen LogP contribution is 2.31. The monoisotopic (exact) mass is 492 g/mol. The molecule has 34 heavy (non-hydrogen) atoms. The van der Waals surface area contributed by atoms with E-state index in [9.17, 15) is 13.2 Å². The second-order valence-corrected chi connectivity index (χ2v) is 9.48. The van der Waals surface area contributed by atoms with Gasteiger partial charge in [-0.3, -0.25) is 4.79 Å². The van der Waals surface area contributed by atoms with Crippen molar-refractivity contribution in [2.24, 2.45) is 0 Å². The minimum absolute atomic E-state index is 0.0163. The fraction of sp³-hybridized carbons (Fsp3) is 0.458. The van der Waals surface area contributed by atoms with Gasteiger partial charge in [0.05, 0.1) is 33.5 Å². The van der Waals surface area contributed by atoms with Crippen LogP contribution in [0.5, 0.6) is 17.2 Å². The van der Waals surface area contributed by atoms with Gasteiger partial charge in [-0.15, -0.1) is 0 Å². The van der Waals surface area contributed by atoms with Crippen molar-refractivity contribution in [2.75, 3.05) is 51.9 Å². The van der Waals surface area contributed by atoms with Crippen molar-refractivity contribution in [3.05, 3.63) is 42.0 Å². The van der Waals surface area contributed by atoms with E-state index in [1.165, 1.54) is 17.5 Å². The summed E-state index contributed by atoms with van der Waals surface area (Å²) in [5.41, 5.74) is 1.33. The van der Waals surface area contributed by atoms with Crippen LogP contribution in [0.1, 0.15) is 25.8 Å². The van der Waals surface area contributed by atoms with Crippen LogP contribution >= 0.6 is 0 Å². The highest BCUT2D eigenvalue weighted by Gasteiger charge is 2.29. The van der Waals surface area contributed by atoms with Crippen LogP contribution in [0.3, 0.4) is 0 Å². The van der Waals surface area contributed by atoms with Crippen LogP contribution in [0.25, 0.3) is 0 Å². The molecule has 9 nitrogen and oxygen atoms in total. The zero-order chi connectivity index (χ0) is 24.6. The molecule has 0 spiro atoms. The van der Waals surface area contributed by atoms with Crippen molar-refractivity contribution in [2.45, 2.75) is 31.6 Å². The Kier molecular flexibility index (Phi) is 9.14. The van der Waals surface area contributed by atoms with E-state index in [4.69, 9.17) is 18.9 Å². The summed E-state index contributed by atoms with van der Waals surface area (Å²) in [6.45, 7) is 6.08. The first-order valence-corrected chi connectivity index (χ1v) is 12.8. The van der Waals surface area contributed by atoms with Crippen LogP contribution in [0, 0.1) is 0 Å². The molecule has 10 heteroatoms. The maximum absolute atomic E-state index is 13.1. The van der Waals surface area contributed by atoms with Gasteiger partial charge in [0, 0.05) is 25.2 Å². The molecule has 0 unspecified atom stereocenters. The molecule has 1 aliphatic heterocycles. The van der Waals surface area contributed by atoms with Gasteiger partial charge in [-0.1, -0.05) is 6.07 Å². The standard InChI is InChI=1S/C24H32N2O7S/c1-4-32-20-9-6-18(16-22(20)33-5-2)7-11-24(27)25-19-8-10-21(30-3)23(17-19)34(28,29)26-12-14-31-15-13-26/h6,8-10,16-17H,4-5,7,11-15H2,1-3H3,(H,25,27). The molecule has 0 saturated carbocycles. The summed E-state index contributed by atoms with van der Waals surface area (Å²) in [6.07, 6.45) is 0.713. The number of hydrogen-bond acceptors (Lipinski definition) is 7. The van der Waals surface area contributed by atoms with E-state index in [0.29, 0.717) is 50.0 Å². The molecule has 2 aromatic carbocycles. The fourth-order valence-electron chi connectivity index (χ4n) is 3.61. The largest absolute Gasteiger partial charge is 0.495 e. The maximum atomic E-state index is 13.1. The lowest BCUT2D eigenvalue weighted by atomic mass is 10.1. The molecule has 1 amide bonds. The van der Waals surface area contributed by atoms with Gasteiger partial charge in [0.1, 0.15) is 10.6 Å². The number of anilines is 1. The zero-order valence-corrected chi connectivity index (χ0v) is 20.7.